The topological polar surface area (TPSA) is 28.7 Å². The Balaban J connectivity index is 2.09. The maximum absolute atomic E-state index is 6.43. The van der Waals surface area contributed by atoms with Crippen molar-refractivity contribution in [3.05, 3.63) is 71.6 Å². The number of anilines is 1. The van der Waals surface area contributed by atoms with Crippen LogP contribution in [0, 0.1) is 6.92 Å². The second kappa shape index (κ2) is 8.12. The number of fused-ring (bicyclic) bond motifs is 2. The average Bonchev–Trinajstić information content (AvgIpc) is 2.73. The van der Waals surface area contributed by atoms with Gasteiger partial charge in [0.05, 0.1) is 5.36 Å². The molecule has 148 valence electrons. The van der Waals surface area contributed by atoms with E-state index in [4.69, 9.17) is 4.42 Å². The van der Waals surface area contributed by atoms with E-state index in [0.29, 0.717) is 0 Å². The van der Waals surface area contributed by atoms with Crippen LogP contribution in [0.4, 0.5) is 5.69 Å². The SMILES string of the molecule is CC/N=c1\ccc2c(-c3ccccc3C)c3ccc(N(CC)CC)cc3oc-2c1. The molecule has 3 nitrogen and oxygen atoms in total. The van der Waals surface area contributed by atoms with Gasteiger partial charge in [-0.05, 0) is 63.1 Å². The Morgan fingerprint density at radius 3 is 2.38 bits per heavy atom. The van der Waals surface area contributed by atoms with Crippen molar-refractivity contribution in [1.82, 2.24) is 0 Å². The number of aryl methyl sites for hydroxylation is 1. The zero-order chi connectivity index (χ0) is 20.4. The lowest BCUT2D eigenvalue weighted by Gasteiger charge is -2.22. The molecule has 0 saturated heterocycles. The monoisotopic (exact) mass is 384 g/mol. The lowest BCUT2D eigenvalue weighted by molar-refractivity contribution is 0.618. The van der Waals surface area contributed by atoms with Gasteiger partial charge in [0.2, 0.25) is 0 Å². The van der Waals surface area contributed by atoms with Gasteiger partial charge in [0.25, 0.3) is 0 Å². The molecule has 2 aromatic rings. The molecule has 0 atom stereocenters. The normalized spacial score (nSPS) is 12.1. The molecule has 1 aliphatic heterocycles. The smallest absolute Gasteiger partial charge is 0.137 e. The molecule has 3 heteroatoms. The summed E-state index contributed by atoms with van der Waals surface area (Å²) in [6, 6.07) is 21.4. The minimum absolute atomic E-state index is 0.760. The van der Waals surface area contributed by atoms with Crippen LogP contribution in [0.2, 0.25) is 0 Å². The molecule has 0 saturated carbocycles. The van der Waals surface area contributed by atoms with Gasteiger partial charge in [0.1, 0.15) is 11.3 Å². The third kappa shape index (κ3) is 3.53. The highest BCUT2D eigenvalue weighted by Gasteiger charge is 2.18. The molecule has 0 unspecified atom stereocenters. The van der Waals surface area contributed by atoms with Crippen molar-refractivity contribution >= 4 is 16.7 Å². The van der Waals surface area contributed by atoms with E-state index in [2.05, 4.69) is 98.3 Å². The molecule has 0 amide bonds. The van der Waals surface area contributed by atoms with Crippen molar-refractivity contribution in [3.63, 3.8) is 0 Å². The van der Waals surface area contributed by atoms with Crippen molar-refractivity contribution in [3.8, 4) is 22.5 Å². The van der Waals surface area contributed by atoms with Gasteiger partial charge in [-0.2, -0.15) is 0 Å². The quantitative estimate of drug-likeness (QED) is 0.379. The molecule has 2 aromatic carbocycles. The van der Waals surface area contributed by atoms with Gasteiger partial charge in [-0.3, -0.25) is 4.99 Å². The van der Waals surface area contributed by atoms with E-state index in [0.717, 1.165) is 47.3 Å². The zero-order valence-electron chi connectivity index (χ0n) is 17.7. The molecule has 0 bridgehead atoms. The fourth-order valence-electron chi connectivity index (χ4n) is 4.08. The second-order valence-corrected chi connectivity index (χ2v) is 7.30. The molecule has 0 spiro atoms. The van der Waals surface area contributed by atoms with Crippen LogP contribution in [0.15, 0.2) is 70.1 Å². The van der Waals surface area contributed by atoms with E-state index in [1.165, 1.54) is 22.4 Å². The van der Waals surface area contributed by atoms with Gasteiger partial charge in [-0.1, -0.05) is 24.3 Å². The Bertz CT molecular complexity index is 1180. The van der Waals surface area contributed by atoms with Gasteiger partial charge in [-0.25, -0.2) is 0 Å². The highest BCUT2D eigenvalue weighted by molar-refractivity contribution is 6.03. The maximum atomic E-state index is 6.43. The van der Waals surface area contributed by atoms with Crippen molar-refractivity contribution in [2.24, 2.45) is 4.99 Å². The minimum Gasteiger partial charge on any atom is -0.456 e. The van der Waals surface area contributed by atoms with E-state index >= 15 is 0 Å². The Hall–Kier alpha value is -3.07. The number of rotatable bonds is 5. The fourth-order valence-corrected chi connectivity index (χ4v) is 4.08. The van der Waals surface area contributed by atoms with Crippen molar-refractivity contribution in [2.45, 2.75) is 27.7 Å². The zero-order valence-corrected chi connectivity index (χ0v) is 17.7. The largest absolute Gasteiger partial charge is 0.456 e. The third-order valence-corrected chi connectivity index (χ3v) is 5.57. The van der Waals surface area contributed by atoms with Gasteiger partial charge in [-0.15, -0.1) is 0 Å². The Labute approximate surface area is 172 Å². The maximum Gasteiger partial charge on any atom is 0.137 e. The van der Waals surface area contributed by atoms with Crippen molar-refractivity contribution < 1.29 is 4.42 Å². The van der Waals surface area contributed by atoms with Crippen LogP contribution in [-0.2, 0) is 0 Å². The van der Waals surface area contributed by atoms with Crippen molar-refractivity contribution in [1.29, 1.82) is 0 Å². The summed E-state index contributed by atoms with van der Waals surface area (Å²) in [5.41, 5.74) is 6.96. The summed E-state index contributed by atoms with van der Waals surface area (Å²) in [5.74, 6) is 0.877. The summed E-state index contributed by atoms with van der Waals surface area (Å²) in [4.78, 5) is 6.90. The Morgan fingerprint density at radius 2 is 1.66 bits per heavy atom. The lowest BCUT2D eigenvalue weighted by Crippen LogP contribution is -2.21. The van der Waals surface area contributed by atoms with Crippen LogP contribution in [-0.4, -0.2) is 19.6 Å². The van der Waals surface area contributed by atoms with Crippen LogP contribution in [0.5, 0.6) is 0 Å². The highest BCUT2D eigenvalue weighted by Crippen LogP contribution is 2.41. The first-order valence-corrected chi connectivity index (χ1v) is 10.5. The third-order valence-electron chi connectivity index (χ3n) is 5.57. The molecular weight excluding hydrogens is 356 g/mol. The summed E-state index contributed by atoms with van der Waals surface area (Å²) in [6.45, 7) is 11.3. The van der Waals surface area contributed by atoms with E-state index in [9.17, 15) is 0 Å². The first kappa shape index (κ1) is 19.3. The fraction of sp³-hybridized carbons (Fsp3) is 0.269. The number of benzene rings is 3. The van der Waals surface area contributed by atoms with E-state index in [-0.39, 0.29) is 0 Å². The molecule has 0 N–H and O–H groups in total. The standard InChI is InChI=1S/C26H28N2O/c1-5-27-19-12-14-22-24(16-19)29-25-17-20(28(6-2)7-3)13-15-23(25)26(22)21-11-9-8-10-18(21)4/h8-17H,5-7H2,1-4H3/b27-19+. The lowest BCUT2D eigenvalue weighted by atomic mass is 9.91. The summed E-state index contributed by atoms with van der Waals surface area (Å²) in [6.07, 6.45) is 0. The summed E-state index contributed by atoms with van der Waals surface area (Å²) >= 11 is 0. The summed E-state index contributed by atoms with van der Waals surface area (Å²) < 4.78 is 6.43. The highest BCUT2D eigenvalue weighted by atomic mass is 16.3. The minimum atomic E-state index is 0.760. The summed E-state index contributed by atoms with van der Waals surface area (Å²) in [7, 11) is 0. The number of nitrogens with zero attached hydrogens (tertiary/aromatic N) is 2. The van der Waals surface area contributed by atoms with Crippen LogP contribution in [0.25, 0.3) is 33.4 Å². The average molecular weight is 385 g/mol. The number of hydrogen-bond acceptors (Lipinski definition) is 3. The second-order valence-electron chi connectivity index (χ2n) is 7.30. The number of hydrogen-bond donors (Lipinski definition) is 0. The van der Waals surface area contributed by atoms with Crippen molar-refractivity contribution in [2.75, 3.05) is 24.5 Å². The molecular formula is C26H28N2O. The predicted molar refractivity (Wildman–Crippen MR) is 123 cm³/mol. The molecule has 29 heavy (non-hydrogen) atoms. The van der Waals surface area contributed by atoms with Gasteiger partial charge < -0.3 is 9.32 Å². The van der Waals surface area contributed by atoms with Crippen LogP contribution < -0.4 is 10.3 Å². The van der Waals surface area contributed by atoms with E-state index in [1.807, 2.05) is 0 Å². The first-order chi connectivity index (χ1) is 14.2. The molecule has 2 aliphatic rings. The van der Waals surface area contributed by atoms with Crippen LogP contribution in [0.1, 0.15) is 26.3 Å². The van der Waals surface area contributed by atoms with E-state index < -0.39 is 0 Å². The molecule has 1 heterocycles. The molecule has 1 aliphatic carbocycles. The Kier molecular flexibility index (Phi) is 5.39. The van der Waals surface area contributed by atoms with E-state index in [1.54, 1.807) is 0 Å². The van der Waals surface area contributed by atoms with Crippen LogP contribution >= 0.6 is 0 Å². The Morgan fingerprint density at radius 1 is 0.862 bits per heavy atom. The predicted octanol–water partition coefficient (Wildman–Crippen LogP) is 6.28. The molecule has 0 fully saturated rings. The summed E-state index contributed by atoms with van der Waals surface area (Å²) in [5, 5.41) is 2.10. The van der Waals surface area contributed by atoms with Crippen LogP contribution in [0.3, 0.4) is 0 Å². The molecule has 0 aromatic heterocycles. The van der Waals surface area contributed by atoms with Gasteiger partial charge >= 0.3 is 0 Å². The van der Waals surface area contributed by atoms with Gasteiger partial charge in [0, 0.05) is 54.0 Å². The van der Waals surface area contributed by atoms with Gasteiger partial charge in [0.15, 0.2) is 0 Å². The molecule has 0 radical (unpaired) electrons. The molecule has 4 rings (SSSR count). The first-order valence-electron chi connectivity index (χ1n) is 10.5.